The van der Waals surface area contributed by atoms with Crippen LogP contribution in [0.3, 0.4) is 0 Å². The predicted octanol–water partition coefficient (Wildman–Crippen LogP) is 4.37. The second kappa shape index (κ2) is 7.21. The van der Waals surface area contributed by atoms with E-state index in [9.17, 15) is 14.0 Å². The SMILES string of the molecule is Cc1cc(F)ccc1NC(=O)CNC(=O)c1sc2ccccc2c1Cl. The minimum absolute atomic E-state index is 0.208. The van der Waals surface area contributed by atoms with Gasteiger partial charge in [0.25, 0.3) is 5.91 Å². The molecule has 0 radical (unpaired) electrons. The van der Waals surface area contributed by atoms with E-state index in [0.29, 0.717) is 21.2 Å². The standard InChI is InChI=1S/C18H14ClFN2O2S/c1-10-8-11(20)6-7-13(10)22-15(23)9-21-18(24)17-16(19)12-4-2-3-5-14(12)25-17/h2-8H,9H2,1H3,(H,21,24)(H,22,23). The molecular weight excluding hydrogens is 363 g/mol. The zero-order valence-electron chi connectivity index (χ0n) is 13.2. The van der Waals surface area contributed by atoms with Crippen molar-refractivity contribution < 1.29 is 14.0 Å². The normalized spacial score (nSPS) is 10.7. The van der Waals surface area contributed by atoms with Crippen LogP contribution in [-0.2, 0) is 4.79 Å². The molecule has 2 N–H and O–H groups in total. The van der Waals surface area contributed by atoms with E-state index in [1.807, 2.05) is 24.3 Å². The van der Waals surface area contributed by atoms with Gasteiger partial charge in [-0.25, -0.2) is 4.39 Å². The van der Waals surface area contributed by atoms with Crippen LogP contribution in [0.25, 0.3) is 10.1 Å². The number of amides is 2. The average molecular weight is 377 g/mol. The van der Waals surface area contributed by atoms with Crippen LogP contribution in [0.5, 0.6) is 0 Å². The molecule has 7 heteroatoms. The van der Waals surface area contributed by atoms with E-state index in [2.05, 4.69) is 10.6 Å². The molecule has 2 amide bonds. The number of aryl methyl sites for hydroxylation is 1. The van der Waals surface area contributed by atoms with Gasteiger partial charge >= 0.3 is 0 Å². The number of benzene rings is 2. The van der Waals surface area contributed by atoms with Crippen LogP contribution in [0.15, 0.2) is 42.5 Å². The number of rotatable bonds is 4. The van der Waals surface area contributed by atoms with Crippen LogP contribution in [0, 0.1) is 12.7 Å². The summed E-state index contributed by atoms with van der Waals surface area (Å²) in [6, 6.07) is 11.5. The van der Waals surface area contributed by atoms with Crippen LogP contribution in [0.1, 0.15) is 15.2 Å². The second-order valence-corrected chi connectivity index (χ2v) is 6.86. The van der Waals surface area contributed by atoms with E-state index in [1.54, 1.807) is 6.92 Å². The number of carbonyl (C=O) groups excluding carboxylic acids is 2. The van der Waals surface area contributed by atoms with E-state index in [1.165, 1.54) is 29.5 Å². The molecule has 0 bridgehead atoms. The second-order valence-electron chi connectivity index (χ2n) is 5.43. The van der Waals surface area contributed by atoms with Crippen LogP contribution >= 0.6 is 22.9 Å². The van der Waals surface area contributed by atoms with Crippen LogP contribution < -0.4 is 10.6 Å². The highest BCUT2D eigenvalue weighted by atomic mass is 35.5. The van der Waals surface area contributed by atoms with Crippen molar-refractivity contribution in [1.82, 2.24) is 5.32 Å². The molecule has 0 aliphatic heterocycles. The predicted molar refractivity (Wildman–Crippen MR) is 98.9 cm³/mol. The number of hydrogen-bond acceptors (Lipinski definition) is 3. The third kappa shape index (κ3) is 3.81. The summed E-state index contributed by atoms with van der Waals surface area (Å²) in [6.07, 6.45) is 0. The monoisotopic (exact) mass is 376 g/mol. The molecule has 2 aromatic carbocycles. The molecule has 0 fully saturated rings. The highest BCUT2D eigenvalue weighted by molar-refractivity contribution is 7.21. The first-order chi connectivity index (χ1) is 12.0. The molecule has 1 aromatic heterocycles. The van der Waals surface area contributed by atoms with Crippen LogP contribution in [0.4, 0.5) is 10.1 Å². The molecule has 0 saturated heterocycles. The van der Waals surface area contributed by atoms with E-state index < -0.39 is 11.8 Å². The number of nitrogens with one attached hydrogen (secondary N) is 2. The minimum atomic E-state index is -0.405. The van der Waals surface area contributed by atoms with E-state index in [4.69, 9.17) is 11.6 Å². The Balaban J connectivity index is 1.65. The Hall–Kier alpha value is -2.44. The molecule has 128 valence electrons. The van der Waals surface area contributed by atoms with Gasteiger partial charge < -0.3 is 10.6 Å². The Morgan fingerprint density at radius 1 is 1.20 bits per heavy atom. The molecule has 3 aromatic rings. The minimum Gasteiger partial charge on any atom is -0.342 e. The lowest BCUT2D eigenvalue weighted by molar-refractivity contribution is -0.115. The fraction of sp³-hybridized carbons (Fsp3) is 0.111. The lowest BCUT2D eigenvalue weighted by Crippen LogP contribution is -2.32. The van der Waals surface area contributed by atoms with Crippen molar-refractivity contribution in [2.24, 2.45) is 0 Å². The third-order valence-electron chi connectivity index (χ3n) is 3.61. The molecule has 0 atom stereocenters. The third-order valence-corrected chi connectivity index (χ3v) is 5.29. The zero-order chi connectivity index (χ0) is 18.0. The number of anilines is 1. The number of carbonyl (C=O) groups is 2. The summed E-state index contributed by atoms with van der Waals surface area (Å²) in [7, 11) is 0. The Bertz CT molecular complexity index is 971. The molecule has 0 spiro atoms. The Morgan fingerprint density at radius 3 is 2.68 bits per heavy atom. The summed E-state index contributed by atoms with van der Waals surface area (Å²) in [5, 5.41) is 6.38. The van der Waals surface area contributed by atoms with Crippen LogP contribution in [0.2, 0.25) is 5.02 Å². The smallest absolute Gasteiger partial charge is 0.263 e. The lowest BCUT2D eigenvalue weighted by atomic mass is 10.2. The lowest BCUT2D eigenvalue weighted by Gasteiger charge is -2.09. The Morgan fingerprint density at radius 2 is 1.96 bits per heavy atom. The van der Waals surface area contributed by atoms with Gasteiger partial charge in [-0.2, -0.15) is 0 Å². The van der Waals surface area contributed by atoms with Crippen molar-refractivity contribution in [1.29, 1.82) is 0 Å². The fourth-order valence-corrected chi connectivity index (χ4v) is 3.80. The molecule has 25 heavy (non-hydrogen) atoms. The quantitative estimate of drug-likeness (QED) is 0.710. The summed E-state index contributed by atoms with van der Waals surface area (Å²) in [4.78, 5) is 24.7. The van der Waals surface area contributed by atoms with E-state index in [0.717, 1.165) is 10.1 Å². The van der Waals surface area contributed by atoms with Crippen molar-refractivity contribution in [3.63, 3.8) is 0 Å². The summed E-state index contributed by atoms with van der Waals surface area (Å²) in [6.45, 7) is 1.48. The molecule has 0 saturated carbocycles. The van der Waals surface area contributed by atoms with Crippen molar-refractivity contribution in [2.45, 2.75) is 6.92 Å². The summed E-state index contributed by atoms with van der Waals surface area (Å²) in [5.74, 6) is -1.18. The summed E-state index contributed by atoms with van der Waals surface area (Å²) in [5.41, 5.74) is 1.10. The Labute approximate surface area is 152 Å². The van der Waals surface area contributed by atoms with Crippen molar-refractivity contribution in [2.75, 3.05) is 11.9 Å². The molecule has 0 aliphatic carbocycles. The fourth-order valence-electron chi connectivity index (χ4n) is 2.36. The molecule has 4 nitrogen and oxygen atoms in total. The molecule has 0 unspecified atom stereocenters. The van der Waals surface area contributed by atoms with Gasteiger partial charge in [-0.3, -0.25) is 9.59 Å². The maximum atomic E-state index is 13.1. The first kappa shape index (κ1) is 17.4. The van der Waals surface area contributed by atoms with Gasteiger partial charge in [-0.05, 0) is 36.8 Å². The number of hydrogen-bond donors (Lipinski definition) is 2. The van der Waals surface area contributed by atoms with Crippen molar-refractivity contribution in [3.05, 3.63) is 63.7 Å². The summed E-state index contributed by atoms with van der Waals surface area (Å²) >= 11 is 7.52. The first-order valence-corrected chi connectivity index (χ1v) is 8.66. The summed E-state index contributed by atoms with van der Waals surface area (Å²) < 4.78 is 14.0. The van der Waals surface area contributed by atoms with E-state index >= 15 is 0 Å². The van der Waals surface area contributed by atoms with Gasteiger partial charge in [-0.15, -0.1) is 11.3 Å². The maximum absolute atomic E-state index is 13.1. The molecule has 1 heterocycles. The maximum Gasteiger partial charge on any atom is 0.263 e. The van der Waals surface area contributed by atoms with Crippen molar-refractivity contribution in [3.8, 4) is 0 Å². The first-order valence-electron chi connectivity index (χ1n) is 7.47. The van der Waals surface area contributed by atoms with Gasteiger partial charge in [0.1, 0.15) is 10.7 Å². The molecule has 0 aliphatic rings. The Kier molecular flexibility index (Phi) is 5.01. The average Bonchev–Trinajstić information content (AvgIpc) is 2.93. The molecule has 3 rings (SSSR count). The van der Waals surface area contributed by atoms with Gasteiger partial charge in [0.2, 0.25) is 5.91 Å². The van der Waals surface area contributed by atoms with Crippen LogP contribution in [-0.4, -0.2) is 18.4 Å². The zero-order valence-corrected chi connectivity index (χ0v) is 14.8. The highest BCUT2D eigenvalue weighted by Crippen LogP contribution is 2.34. The van der Waals surface area contributed by atoms with E-state index in [-0.39, 0.29) is 12.4 Å². The number of fused-ring (bicyclic) bond motifs is 1. The number of thiophene rings is 1. The molecular formula is C18H14ClFN2O2S. The van der Waals surface area contributed by atoms with Gasteiger partial charge in [0.15, 0.2) is 0 Å². The van der Waals surface area contributed by atoms with Crippen molar-refractivity contribution >= 4 is 50.5 Å². The van der Waals surface area contributed by atoms with Gasteiger partial charge in [0, 0.05) is 15.8 Å². The topological polar surface area (TPSA) is 58.2 Å². The van der Waals surface area contributed by atoms with Gasteiger partial charge in [0.05, 0.1) is 11.6 Å². The largest absolute Gasteiger partial charge is 0.342 e. The number of halogens is 2. The highest BCUT2D eigenvalue weighted by Gasteiger charge is 2.17. The van der Waals surface area contributed by atoms with Gasteiger partial charge in [-0.1, -0.05) is 29.8 Å².